The van der Waals surface area contributed by atoms with E-state index in [0.717, 1.165) is 17.0 Å². The maximum absolute atomic E-state index is 8.80. The van der Waals surface area contributed by atoms with Crippen molar-refractivity contribution in [1.82, 2.24) is 0 Å². The molecule has 3 nitrogen and oxygen atoms in total. The molecule has 0 N–H and O–H groups in total. The summed E-state index contributed by atoms with van der Waals surface area (Å²) < 4.78 is 5.14. The molecule has 0 saturated carbocycles. The van der Waals surface area contributed by atoms with E-state index in [1.807, 2.05) is 36.4 Å². The minimum atomic E-state index is 0.607. The van der Waals surface area contributed by atoms with Crippen LogP contribution in [0.4, 0.5) is 5.69 Å². The largest absolute Gasteiger partial charge is 0.497 e. The highest BCUT2D eigenvalue weighted by Crippen LogP contribution is 2.15. The van der Waals surface area contributed by atoms with E-state index >= 15 is 0 Å². The van der Waals surface area contributed by atoms with Crippen LogP contribution < -0.4 is 4.74 Å². The number of benzene rings is 2. The lowest BCUT2D eigenvalue weighted by Gasteiger charge is -1.99. The van der Waals surface area contributed by atoms with Gasteiger partial charge in [0.15, 0.2) is 0 Å². The minimum Gasteiger partial charge on any atom is -0.497 e. The van der Waals surface area contributed by atoms with Crippen molar-refractivity contribution in [3.05, 3.63) is 59.7 Å². The average molecular weight is 236 g/mol. The van der Waals surface area contributed by atoms with Crippen LogP contribution in [0, 0.1) is 11.3 Å². The summed E-state index contributed by atoms with van der Waals surface area (Å²) in [4.78, 5) is 4.33. The van der Waals surface area contributed by atoms with E-state index in [4.69, 9.17) is 10.00 Å². The van der Waals surface area contributed by atoms with Gasteiger partial charge >= 0.3 is 0 Å². The van der Waals surface area contributed by atoms with Crippen molar-refractivity contribution >= 4 is 11.9 Å². The van der Waals surface area contributed by atoms with Gasteiger partial charge in [0.1, 0.15) is 5.75 Å². The van der Waals surface area contributed by atoms with E-state index in [-0.39, 0.29) is 0 Å². The summed E-state index contributed by atoms with van der Waals surface area (Å²) in [6, 6.07) is 16.9. The minimum absolute atomic E-state index is 0.607. The normalized spacial score (nSPS) is 10.2. The van der Waals surface area contributed by atoms with Gasteiger partial charge in [-0.15, -0.1) is 0 Å². The van der Waals surface area contributed by atoms with Crippen molar-refractivity contribution in [2.45, 2.75) is 0 Å². The van der Waals surface area contributed by atoms with E-state index in [2.05, 4.69) is 11.1 Å². The number of aliphatic imine (C=N–C) groups is 1. The summed E-state index contributed by atoms with van der Waals surface area (Å²) in [5.74, 6) is 0.796. The Morgan fingerprint density at radius 3 is 2.78 bits per heavy atom. The number of hydrogen-bond acceptors (Lipinski definition) is 3. The molecule has 2 aromatic rings. The van der Waals surface area contributed by atoms with Gasteiger partial charge in [-0.3, -0.25) is 4.99 Å². The first-order valence-corrected chi connectivity index (χ1v) is 5.50. The first kappa shape index (κ1) is 11.9. The van der Waals surface area contributed by atoms with Crippen molar-refractivity contribution in [3.63, 3.8) is 0 Å². The molecule has 3 heteroatoms. The molecule has 0 aliphatic rings. The third-order valence-corrected chi connectivity index (χ3v) is 2.43. The Balaban J connectivity index is 2.21. The molecule has 0 bridgehead atoms. The fraction of sp³-hybridized carbons (Fsp3) is 0.0667. The molecule has 0 unspecified atom stereocenters. The molecule has 0 aliphatic carbocycles. The highest BCUT2D eigenvalue weighted by Gasteiger charge is 1.94. The van der Waals surface area contributed by atoms with Crippen molar-refractivity contribution in [2.75, 3.05) is 7.11 Å². The monoisotopic (exact) mass is 236 g/mol. The predicted octanol–water partition coefficient (Wildman–Crippen LogP) is 3.32. The highest BCUT2D eigenvalue weighted by atomic mass is 16.5. The van der Waals surface area contributed by atoms with Gasteiger partial charge in [-0.1, -0.05) is 18.2 Å². The quantitative estimate of drug-likeness (QED) is 0.767. The van der Waals surface area contributed by atoms with E-state index in [0.29, 0.717) is 5.56 Å². The summed E-state index contributed by atoms with van der Waals surface area (Å²) in [6.45, 7) is 0. The molecule has 0 amide bonds. The molecule has 2 rings (SSSR count). The third-order valence-electron chi connectivity index (χ3n) is 2.43. The number of nitriles is 1. The molecule has 0 aromatic heterocycles. The molecular weight excluding hydrogens is 224 g/mol. The maximum Gasteiger partial charge on any atom is 0.119 e. The van der Waals surface area contributed by atoms with Crippen LogP contribution in [-0.2, 0) is 0 Å². The van der Waals surface area contributed by atoms with Crippen molar-refractivity contribution < 1.29 is 4.74 Å². The summed E-state index contributed by atoms with van der Waals surface area (Å²) in [5, 5.41) is 8.80. The molecule has 18 heavy (non-hydrogen) atoms. The first-order valence-electron chi connectivity index (χ1n) is 5.50. The lowest BCUT2D eigenvalue weighted by molar-refractivity contribution is 0.415. The summed E-state index contributed by atoms with van der Waals surface area (Å²) in [6.07, 6.45) is 1.75. The summed E-state index contributed by atoms with van der Waals surface area (Å²) >= 11 is 0. The van der Waals surface area contributed by atoms with Crippen LogP contribution in [0.1, 0.15) is 11.1 Å². The van der Waals surface area contributed by atoms with Gasteiger partial charge in [-0.05, 0) is 35.9 Å². The molecular formula is C15H12N2O. The van der Waals surface area contributed by atoms with Crippen LogP contribution in [0.15, 0.2) is 53.5 Å². The standard InChI is InChI=1S/C15H12N2O/c1-18-15-7-3-5-13(9-15)11-17-14-6-2-4-12(8-14)10-16/h2-9,11H,1H3. The van der Waals surface area contributed by atoms with Crippen molar-refractivity contribution in [3.8, 4) is 11.8 Å². The van der Waals surface area contributed by atoms with Gasteiger partial charge in [-0.25, -0.2) is 0 Å². The van der Waals surface area contributed by atoms with Gasteiger partial charge in [0.05, 0.1) is 24.4 Å². The molecule has 0 saturated heterocycles. The molecule has 0 atom stereocenters. The SMILES string of the molecule is COc1cccc(C=Nc2cccc(C#N)c2)c1. The van der Waals surface area contributed by atoms with Crippen LogP contribution in [-0.4, -0.2) is 13.3 Å². The first-order chi connectivity index (χ1) is 8.81. The third kappa shape index (κ3) is 2.96. The van der Waals surface area contributed by atoms with Crippen LogP contribution in [0.3, 0.4) is 0 Å². The van der Waals surface area contributed by atoms with E-state index in [9.17, 15) is 0 Å². The number of hydrogen-bond donors (Lipinski definition) is 0. The second-order valence-electron chi connectivity index (χ2n) is 3.70. The Morgan fingerprint density at radius 2 is 2.00 bits per heavy atom. The topological polar surface area (TPSA) is 45.4 Å². The fourth-order valence-electron chi connectivity index (χ4n) is 1.53. The zero-order valence-corrected chi connectivity index (χ0v) is 10.00. The van der Waals surface area contributed by atoms with Crippen molar-refractivity contribution in [2.24, 2.45) is 4.99 Å². The van der Waals surface area contributed by atoms with Crippen LogP contribution in [0.25, 0.3) is 0 Å². The second kappa shape index (κ2) is 5.65. The zero-order chi connectivity index (χ0) is 12.8. The van der Waals surface area contributed by atoms with Gasteiger partial charge in [-0.2, -0.15) is 5.26 Å². The van der Waals surface area contributed by atoms with Gasteiger partial charge in [0, 0.05) is 6.21 Å². The summed E-state index contributed by atoms with van der Waals surface area (Å²) in [5.41, 5.74) is 2.32. The average Bonchev–Trinajstić information content (AvgIpc) is 2.45. The van der Waals surface area contributed by atoms with Gasteiger partial charge < -0.3 is 4.74 Å². The van der Waals surface area contributed by atoms with E-state index in [1.165, 1.54) is 0 Å². The molecule has 0 radical (unpaired) electrons. The molecule has 0 aliphatic heterocycles. The number of rotatable bonds is 3. The molecule has 88 valence electrons. The second-order valence-corrected chi connectivity index (χ2v) is 3.70. The zero-order valence-electron chi connectivity index (χ0n) is 10.00. The molecule has 0 heterocycles. The van der Waals surface area contributed by atoms with Gasteiger partial charge in [0.25, 0.3) is 0 Å². The number of nitrogens with zero attached hydrogens (tertiary/aromatic N) is 2. The maximum atomic E-state index is 8.80. The lowest BCUT2D eigenvalue weighted by atomic mass is 10.2. The molecule has 0 fully saturated rings. The lowest BCUT2D eigenvalue weighted by Crippen LogP contribution is -1.85. The Labute approximate surface area is 106 Å². The molecule has 0 spiro atoms. The fourth-order valence-corrected chi connectivity index (χ4v) is 1.53. The Morgan fingerprint density at radius 1 is 1.17 bits per heavy atom. The van der Waals surface area contributed by atoms with Crippen LogP contribution in [0.5, 0.6) is 5.75 Å². The summed E-state index contributed by atoms with van der Waals surface area (Å²) in [7, 11) is 1.63. The van der Waals surface area contributed by atoms with E-state index < -0.39 is 0 Å². The highest BCUT2D eigenvalue weighted by molar-refractivity contribution is 5.82. The van der Waals surface area contributed by atoms with E-state index in [1.54, 1.807) is 25.5 Å². The Kier molecular flexibility index (Phi) is 3.72. The van der Waals surface area contributed by atoms with Crippen LogP contribution in [0.2, 0.25) is 0 Å². The smallest absolute Gasteiger partial charge is 0.119 e. The number of ether oxygens (including phenoxy) is 1. The van der Waals surface area contributed by atoms with Crippen molar-refractivity contribution in [1.29, 1.82) is 5.26 Å². The van der Waals surface area contributed by atoms with Crippen LogP contribution >= 0.6 is 0 Å². The van der Waals surface area contributed by atoms with Gasteiger partial charge in [0.2, 0.25) is 0 Å². The molecule has 2 aromatic carbocycles. The predicted molar refractivity (Wildman–Crippen MR) is 71.4 cm³/mol. The Bertz CT molecular complexity index is 612. The Hall–Kier alpha value is -2.60. The number of methoxy groups -OCH3 is 1.